The second kappa shape index (κ2) is 5.08. The van der Waals surface area contributed by atoms with E-state index in [-0.39, 0.29) is 31.0 Å². The molecule has 22 valence electrons. The Morgan fingerprint density at radius 1 is 1.00 bits per heavy atom. The third kappa shape index (κ3) is 4.08. The van der Waals surface area contributed by atoms with E-state index in [0.717, 1.165) is 0 Å². The second-order valence-electron chi connectivity index (χ2n) is 0.163. The zero-order valence-electron chi connectivity index (χ0n) is 1.71. The van der Waals surface area contributed by atoms with Crippen LogP contribution >= 0.6 is 18.4 Å². The van der Waals surface area contributed by atoms with E-state index in [1.807, 2.05) is 0 Å². The van der Waals surface area contributed by atoms with Gasteiger partial charge in [-0.15, -0.1) is 0 Å². The Kier molecular flexibility index (Phi) is 7.71. The van der Waals surface area contributed by atoms with Gasteiger partial charge in [-0.3, -0.25) is 0 Å². The van der Waals surface area contributed by atoms with Gasteiger partial charge in [0.1, 0.15) is 0 Å². The fraction of sp³-hybridized carbons (Fsp3) is 0. The molecule has 0 heterocycles. The van der Waals surface area contributed by atoms with Gasteiger partial charge in [0.15, 0.2) is 0 Å². The van der Waals surface area contributed by atoms with E-state index in [2.05, 4.69) is 18.4 Å². The number of rotatable bonds is 1. The molecule has 4 heteroatoms. The first kappa shape index (κ1) is 6.08. The van der Waals surface area contributed by atoms with Crippen LogP contribution < -0.4 is 0 Å². The zero-order valence-corrected chi connectivity index (χ0v) is 8.45. The fourth-order valence-corrected chi connectivity index (χ4v) is 0. The monoisotopic (exact) mass is 306 g/mol. The Bertz CT molecular complexity index is 25.0. The van der Waals surface area contributed by atoms with E-state index < -0.39 is 0 Å². The summed E-state index contributed by atoms with van der Waals surface area (Å²) in [7, 11) is 9.33. The van der Waals surface area contributed by atoms with Crippen LogP contribution in [0.5, 0.6) is 0 Å². The molecule has 0 rings (SSSR count). The topological polar surface area (TPSA) is 0 Å². The van der Waals surface area contributed by atoms with E-state index in [1.165, 1.54) is 0 Å². The van der Waals surface area contributed by atoms with E-state index in [1.54, 1.807) is 0 Å². The van der Waals surface area contributed by atoms with Gasteiger partial charge in [0.25, 0.3) is 0 Å². The first-order chi connectivity index (χ1) is 1.91. The molecule has 0 fully saturated rings. The molecular weight excluding hydrogens is 308 g/mol. The van der Waals surface area contributed by atoms with Crippen LogP contribution in [0.1, 0.15) is 0 Å². The van der Waals surface area contributed by atoms with Crippen molar-refractivity contribution in [1.29, 1.82) is 0 Å². The van der Waals surface area contributed by atoms with Crippen molar-refractivity contribution in [1.82, 2.24) is 0 Å². The van der Waals surface area contributed by atoms with Crippen molar-refractivity contribution in [2.24, 2.45) is 0 Å². The predicted octanol–water partition coefficient (Wildman–Crippen LogP) is 0.535. The second-order valence-corrected chi connectivity index (χ2v) is 22.0. The van der Waals surface area contributed by atoms with Crippen LogP contribution in [0.15, 0.2) is 0 Å². The van der Waals surface area contributed by atoms with Crippen LogP contribution in [-0.4, -0.2) is 31.0 Å². The molecule has 0 bridgehead atoms. The predicted molar refractivity (Wildman–Crippen MR) is 26.7 cm³/mol. The minimum atomic E-state index is -0.0991. The summed E-state index contributed by atoms with van der Waals surface area (Å²) in [5.41, 5.74) is 0. The van der Waals surface area contributed by atoms with E-state index in [0.29, 0.717) is 0 Å². The quantitative estimate of drug-likeness (QED) is 0.649. The third-order valence-electron chi connectivity index (χ3n) is 0.0333. The van der Waals surface area contributed by atoms with Gasteiger partial charge in [-0.05, 0) is 0 Å². The standard InChI is InChI=1S/2S.2Sb. The van der Waals surface area contributed by atoms with Crippen LogP contribution in [0, 0.1) is 0 Å². The van der Waals surface area contributed by atoms with Gasteiger partial charge in [-0.2, -0.15) is 0 Å². The molecule has 0 aromatic heterocycles. The van der Waals surface area contributed by atoms with Crippen molar-refractivity contribution < 1.29 is 0 Å². The van der Waals surface area contributed by atoms with E-state index >= 15 is 0 Å². The molecule has 4 heavy (non-hydrogen) atoms. The number of hydrogen-bond acceptors (Lipinski definition) is 2. The fourth-order valence-electron chi connectivity index (χ4n) is 0. The molecule has 0 spiro atoms. The van der Waals surface area contributed by atoms with Gasteiger partial charge < -0.3 is 0 Å². The van der Waals surface area contributed by atoms with Gasteiger partial charge >= 0.3 is 49.4 Å². The molecule has 0 saturated heterocycles. The van der Waals surface area contributed by atoms with Crippen molar-refractivity contribution in [2.75, 3.05) is 0 Å². The molecule has 0 aliphatic carbocycles. The first-order valence-electron chi connectivity index (χ1n) is 0.565. The Hall–Kier alpha value is 2.08. The van der Waals surface area contributed by atoms with Gasteiger partial charge in [-0.1, -0.05) is 0 Å². The summed E-state index contributed by atoms with van der Waals surface area (Å²) in [4.78, 5) is 0. The molecule has 0 atom stereocenters. The van der Waals surface area contributed by atoms with Crippen LogP contribution in [0.25, 0.3) is 0 Å². The third-order valence-corrected chi connectivity index (χ3v) is 13.5. The summed E-state index contributed by atoms with van der Waals surface area (Å²) < 4.78 is 0. The summed E-state index contributed by atoms with van der Waals surface area (Å²) in [6.45, 7) is 0. The van der Waals surface area contributed by atoms with Crippen molar-refractivity contribution in [3.63, 3.8) is 0 Å². The van der Waals surface area contributed by atoms with Crippen molar-refractivity contribution >= 4 is 49.4 Å². The molecule has 0 amide bonds. The van der Waals surface area contributed by atoms with E-state index in [9.17, 15) is 0 Å². The average molecular weight is 308 g/mol. The van der Waals surface area contributed by atoms with Crippen LogP contribution in [0.3, 0.4) is 0 Å². The molecule has 0 saturated carbocycles. The summed E-state index contributed by atoms with van der Waals surface area (Å²) >= 11 is -0.198. The number of hydrogen-bond donors (Lipinski definition) is 0. The zero-order chi connectivity index (χ0) is 3.41. The maximum absolute atomic E-state index is 4.67. The Balaban J connectivity index is 2.73. The maximum atomic E-state index is 4.67. The summed E-state index contributed by atoms with van der Waals surface area (Å²) in [6, 6.07) is 0. The van der Waals surface area contributed by atoms with Crippen LogP contribution in [0.2, 0.25) is 0 Å². The normalized spacial score (nSPS) is 5.00. The minimum absolute atomic E-state index is 0.0991. The molecule has 0 aromatic rings. The van der Waals surface area contributed by atoms with E-state index in [4.69, 9.17) is 0 Å². The summed E-state index contributed by atoms with van der Waals surface area (Å²) in [6.07, 6.45) is 0. The summed E-state index contributed by atoms with van der Waals surface area (Å²) in [5, 5.41) is 0. The van der Waals surface area contributed by atoms with Crippen molar-refractivity contribution in [3.05, 3.63) is 0 Å². The molecule has 0 unspecified atom stereocenters. The molecule has 0 aliphatic heterocycles. The SMILES string of the molecule is [S]=[Sb][Sb]=[S]. The average Bonchev–Trinajstić information content (AvgIpc) is 1.37. The molecular formula is S2Sb2. The van der Waals surface area contributed by atoms with Gasteiger partial charge in [0.05, 0.1) is 0 Å². The van der Waals surface area contributed by atoms with Gasteiger partial charge in [-0.25, -0.2) is 0 Å². The Morgan fingerprint density at radius 2 is 1.25 bits per heavy atom. The van der Waals surface area contributed by atoms with Crippen LogP contribution in [0.4, 0.5) is 0 Å². The van der Waals surface area contributed by atoms with Crippen molar-refractivity contribution in [2.45, 2.75) is 0 Å². The molecule has 0 aliphatic rings. The molecule has 0 nitrogen and oxygen atoms in total. The molecule has 0 radical (unpaired) electrons. The van der Waals surface area contributed by atoms with Crippen LogP contribution in [-0.2, 0) is 0 Å². The summed E-state index contributed by atoms with van der Waals surface area (Å²) in [5.74, 6) is 0. The Morgan fingerprint density at radius 3 is 1.25 bits per heavy atom. The van der Waals surface area contributed by atoms with Gasteiger partial charge in [0.2, 0.25) is 0 Å². The van der Waals surface area contributed by atoms with Crippen molar-refractivity contribution in [3.8, 4) is 0 Å². The Labute approximate surface area is 48.5 Å². The molecule has 0 aromatic carbocycles. The van der Waals surface area contributed by atoms with Gasteiger partial charge in [0, 0.05) is 0 Å². The molecule has 0 N–H and O–H groups in total. The first-order valence-corrected chi connectivity index (χ1v) is 16.3.